The number of ether oxygens (including phenoxy) is 3. The average Bonchev–Trinajstić information content (AvgIpc) is 2.81. The molecule has 0 spiro atoms. The minimum atomic E-state index is -1.60. The largest absolute Gasteiger partial charge is 0.394 e. The summed E-state index contributed by atoms with van der Waals surface area (Å²) in [4.78, 5) is 0. The van der Waals surface area contributed by atoms with Crippen molar-refractivity contribution in [1.29, 1.82) is 0 Å². The molecule has 0 unspecified atom stereocenters. The van der Waals surface area contributed by atoms with Gasteiger partial charge in [-0.1, -0.05) is 42.5 Å². The van der Waals surface area contributed by atoms with E-state index in [2.05, 4.69) is 0 Å². The third-order valence-corrected chi connectivity index (χ3v) is 6.51. The van der Waals surface area contributed by atoms with Crippen LogP contribution in [0.25, 0.3) is 6.08 Å². The van der Waals surface area contributed by atoms with Crippen LogP contribution in [0.2, 0.25) is 0 Å². The van der Waals surface area contributed by atoms with Crippen molar-refractivity contribution in [2.75, 3.05) is 19.0 Å². The van der Waals surface area contributed by atoms with Gasteiger partial charge >= 0.3 is 0 Å². The lowest BCUT2D eigenvalue weighted by atomic mass is 9.99. The second-order valence-corrected chi connectivity index (χ2v) is 8.82. The van der Waals surface area contributed by atoms with Crippen molar-refractivity contribution < 1.29 is 50.0 Å². The molecule has 10 nitrogen and oxygen atoms in total. The molecule has 2 saturated heterocycles. The molecular formula is C21H30O10S. The van der Waals surface area contributed by atoms with Gasteiger partial charge in [0.15, 0.2) is 6.29 Å². The summed E-state index contributed by atoms with van der Waals surface area (Å²) < 4.78 is 16.4. The monoisotopic (exact) mass is 474 g/mol. The Labute approximate surface area is 189 Å². The molecule has 1 aromatic carbocycles. The zero-order chi connectivity index (χ0) is 23.3. The molecule has 0 saturated carbocycles. The van der Waals surface area contributed by atoms with Crippen molar-refractivity contribution in [2.45, 2.75) is 60.6 Å². The normalized spacial score (nSPS) is 40.6. The number of aliphatic hydroxyl groups excluding tert-OH is 7. The van der Waals surface area contributed by atoms with Crippen LogP contribution in [-0.4, -0.2) is 115 Å². The molecule has 0 aromatic heterocycles. The Hall–Kier alpha value is -1.09. The third-order valence-electron chi connectivity index (χ3n) is 5.41. The Balaban J connectivity index is 1.54. The van der Waals surface area contributed by atoms with Crippen molar-refractivity contribution >= 4 is 17.8 Å². The molecular weight excluding hydrogens is 444 g/mol. The van der Waals surface area contributed by atoms with Gasteiger partial charge in [0.25, 0.3) is 0 Å². The maximum Gasteiger partial charge on any atom is 0.186 e. The molecule has 7 N–H and O–H groups in total. The van der Waals surface area contributed by atoms with E-state index in [4.69, 9.17) is 14.2 Å². The Bertz CT molecular complexity index is 720. The lowest BCUT2D eigenvalue weighted by Crippen LogP contribution is -2.61. The summed E-state index contributed by atoms with van der Waals surface area (Å²) in [6, 6.07) is 9.63. The highest BCUT2D eigenvalue weighted by Gasteiger charge is 2.47. The fraction of sp³-hybridized carbons (Fsp3) is 0.619. The first kappa shape index (κ1) is 25.5. The minimum absolute atomic E-state index is 0.343. The van der Waals surface area contributed by atoms with Crippen LogP contribution in [0.3, 0.4) is 0 Å². The van der Waals surface area contributed by atoms with Crippen LogP contribution in [-0.2, 0) is 14.2 Å². The maximum atomic E-state index is 10.3. The number of benzene rings is 1. The molecule has 0 radical (unpaired) electrons. The van der Waals surface area contributed by atoms with Crippen molar-refractivity contribution in [3.8, 4) is 0 Å². The summed E-state index contributed by atoms with van der Waals surface area (Å²) in [6.45, 7) is -0.946. The maximum absolute atomic E-state index is 10.3. The van der Waals surface area contributed by atoms with E-state index in [9.17, 15) is 35.7 Å². The Morgan fingerprint density at radius 3 is 2.16 bits per heavy atom. The zero-order valence-corrected chi connectivity index (χ0v) is 18.0. The molecule has 1 aromatic rings. The molecule has 3 rings (SSSR count). The van der Waals surface area contributed by atoms with Gasteiger partial charge in [-0.05, 0) is 5.56 Å². The second kappa shape index (κ2) is 11.9. The van der Waals surface area contributed by atoms with Crippen molar-refractivity contribution in [2.24, 2.45) is 0 Å². The predicted molar refractivity (Wildman–Crippen MR) is 114 cm³/mol. The van der Waals surface area contributed by atoms with Gasteiger partial charge < -0.3 is 50.0 Å². The first-order valence-electron chi connectivity index (χ1n) is 10.3. The highest BCUT2D eigenvalue weighted by molar-refractivity contribution is 7.99. The number of aliphatic hydroxyl groups is 7. The number of rotatable bonds is 8. The van der Waals surface area contributed by atoms with Gasteiger partial charge in [-0.25, -0.2) is 0 Å². The lowest BCUT2D eigenvalue weighted by Gasteiger charge is -2.42. The number of thioether (sulfide) groups is 1. The van der Waals surface area contributed by atoms with Gasteiger partial charge in [-0.3, -0.25) is 0 Å². The summed E-state index contributed by atoms with van der Waals surface area (Å²) in [5.74, 6) is 0.472. The molecule has 0 amide bonds. The topological polar surface area (TPSA) is 169 Å². The van der Waals surface area contributed by atoms with Crippen LogP contribution in [0.1, 0.15) is 5.56 Å². The van der Waals surface area contributed by atoms with Crippen LogP contribution in [0.15, 0.2) is 36.4 Å². The van der Waals surface area contributed by atoms with Crippen LogP contribution in [0, 0.1) is 0 Å². The fourth-order valence-electron chi connectivity index (χ4n) is 3.49. The third kappa shape index (κ3) is 6.07. The van der Waals surface area contributed by atoms with Gasteiger partial charge in [0.05, 0.1) is 13.2 Å². The highest BCUT2D eigenvalue weighted by atomic mass is 32.2. The summed E-state index contributed by atoms with van der Waals surface area (Å²) in [5.41, 5.74) is 0.164. The van der Waals surface area contributed by atoms with E-state index in [1.807, 2.05) is 42.5 Å². The standard InChI is InChI=1S/C21H30O10S/c22-9-12-14(23)16(25)18(27)20(30-12)29-10-13-15(24)17(26)19(28)21(31-13)32-8-4-7-11-5-2-1-3-6-11/h1-7,12-28H,8-10H2/b7-4+/t12-,13-,14-,15-,16+,17+,18+,19+,20+,21-/m1/s1. The van der Waals surface area contributed by atoms with Crippen molar-refractivity contribution in [3.05, 3.63) is 42.0 Å². The Kier molecular flexibility index (Phi) is 9.46. The summed E-state index contributed by atoms with van der Waals surface area (Å²) >= 11 is 1.23. The molecule has 2 aliphatic heterocycles. The molecule has 10 atom stereocenters. The van der Waals surface area contributed by atoms with Crippen LogP contribution >= 0.6 is 11.8 Å². The highest BCUT2D eigenvalue weighted by Crippen LogP contribution is 2.30. The quantitative estimate of drug-likeness (QED) is 0.224. The molecule has 2 fully saturated rings. The molecule has 32 heavy (non-hydrogen) atoms. The van der Waals surface area contributed by atoms with Gasteiger partial charge in [0, 0.05) is 5.75 Å². The molecule has 11 heteroatoms. The zero-order valence-electron chi connectivity index (χ0n) is 17.2. The first-order valence-corrected chi connectivity index (χ1v) is 11.3. The minimum Gasteiger partial charge on any atom is -0.394 e. The smallest absolute Gasteiger partial charge is 0.186 e. The number of hydrogen-bond acceptors (Lipinski definition) is 11. The van der Waals surface area contributed by atoms with Gasteiger partial charge in [0.1, 0.15) is 54.3 Å². The summed E-state index contributed by atoms with van der Waals surface area (Å²) in [5, 5.41) is 69.7. The van der Waals surface area contributed by atoms with E-state index in [-0.39, 0.29) is 6.61 Å². The second-order valence-electron chi connectivity index (χ2n) is 7.69. The molecule has 2 heterocycles. The van der Waals surface area contributed by atoms with Crippen molar-refractivity contribution in [3.63, 3.8) is 0 Å². The van der Waals surface area contributed by atoms with Crippen LogP contribution in [0.5, 0.6) is 0 Å². The van der Waals surface area contributed by atoms with Crippen LogP contribution < -0.4 is 0 Å². The Morgan fingerprint density at radius 2 is 1.47 bits per heavy atom. The van der Waals surface area contributed by atoms with Gasteiger partial charge in [-0.2, -0.15) is 0 Å². The molecule has 180 valence electrons. The van der Waals surface area contributed by atoms with Crippen molar-refractivity contribution in [1.82, 2.24) is 0 Å². The van der Waals surface area contributed by atoms with E-state index in [0.29, 0.717) is 5.75 Å². The molecule has 0 bridgehead atoms. The Morgan fingerprint density at radius 1 is 0.812 bits per heavy atom. The fourth-order valence-corrected chi connectivity index (χ4v) is 4.46. The van der Waals surface area contributed by atoms with E-state index >= 15 is 0 Å². The van der Waals surface area contributed by atoms with Gasteiger partial charge in [-0.15, -0.1) is 11.8 Å². The molecule has 2 aliphatic rings. The predicted octanol–water partition coefficient (Wildman–Crippen LogP) is -1.94. The van der Waals surface area contributed by atoms with E-state index in [1.54, 1.807) is 0 Å². The molecule has 0 aliphatic carbocycles. The van der Waals surface area contributed by atoms with Gasteiger partial charge in [0.2, 0.25) is 0 Å². The summed E-state index contributed by atoms with van der Waals surface area (Å²) in [7, 11) is 0. The SMILES string of the molecule is OC[C@H]1O[C@H](OC[C@H]2O[C@H](SC/C=C/c3ccccc3)[C@@H](O)[C@@H](O)[C@@H]2O)[C@@H](O)[C@@H](O)[C@@H]1O. The van der Waals surface area contributed by atoms with E-state index < -0.39 is 67.2 Å². The number of hydrogen-bond donors (Lipinski definition) is 7. The van der Waals surface area contributed by atoms with E-state index in [1.165, 1.54) is 11.8 Å². The van der Waals surface area contributed by atoms with Crippen LogP contribution in [0.4, 0.5) is 0 Å². The average molecular weight is 475 g/mol. The first-order chi connectivity index (χ1) is 15.3. The lowest BCUT2D eigenvalue weighted by molar-refractivity contribution is -0.311. The summed E-state index contributed by atoms with van der Waals surface area (Å²) in [6.07, 6.45) is -8.80. The van der Waals surface area contributed by atoms with E-state index in [0.717, 1.165) is 5.56 Å².